The Kier molecular flexibility index (Phi) is 20.0. The van der Waals surface area contributed by atoms with Gasteiger partial charge in [0.05, 0.1) is 6.61 Å². The highest BCUT2D eigenvalue weighted by Crippen LogP contribution is 2.18. The van der Waals surface area contributed by atoms with Crippen LogP contribution < -0.4 is 0 Å². The Balaban J connectivity index is 4.48. The maximum Gasteiger partial charge on any atom is 0.222 e. The van der Waals surface area contributed by atoms with Crippen LogP contribution >= 0.6 is 12.6 Å². The Morgan fingerprint density at radius 3 is 1.68 bits per heavy atom. The monoisotopic (exact) mass is 465 g/mol. The zero-order chi connectivity index (χ0) is 23.5. The molecule has 0 aromatic carbocycles. The smallest absolute Gasteiger partial charge is 0.222 e. The van der Waals surface area contributed by atoms with E-state index >= 15 is 0 Å². The van der Waals surface area contributed by atoms with Crippen LogP contribution in [-0.4, -0.2) is 96.7 Å². The van der Waals surface area contributed by atoms with Gasteiger partial charge in [0.25, 0.3) is 0 Å². The van der Waals surface area contributed by atoms with E-state index in [2.05, 4.69) is 12.6 Å². The van der Waals surface area contributed by atoms with E-state index < -0.39 is 12.2 Å². The van der Waals surface area contributed by atoms with Gasteiger partial charge < -0.3 is 28.6 Å². The van der Waals surface area contributed by atoms with Crippen LogP contribution in [0.25, 0.3) is 0 Å². The number of likely N-dealkylation sites (N-methyl/N-ethyl adjacent to an activating group) is 1. The number of carbonyl (C=O) groups is 1. The highest BCUT2D eigenvalue weighted by molar-refractivity contribution is 7.80. The Bertz CT molecular complexity index is 429. The number of carbonyl (C=O) groups excluding carboxylic acids is 1. The van der Waals surface area contributed by atoms with Crippen molar-refractivity contribution in [2.24, 2.45) is 0 Å². The van der Waals surface area contributed by atoms with Crippen molar-refractivity contribution in [2.45, 2.75) is 82.2 Å². The number of hydrogen-bond donors (Lipinski definition) is 1. The second kappa shape index (κ2) is 20.2. The highest BCUT2D eigenvalue weighted by Gasteiger charge is 2.37. The van der Waals surface area contributed by atoms with Crippen molar-refractivity contribution in [1.82, 2.24) is 4.90 Å². The maximum atomic E-state index is 12.6. The molecule has 0 N–H and O–H groups in total. The number of thiol groups is 1. The Labute approximate surface area is 195 Å². The molecule has 0 aliphatic rings. The van der Waals surface area contributed by atoms with Crippen LogP contribution in [0, 0.1) is 0 Å². The van der Waals surface area contributed by atoms with Gasteiger partial charge in [0.1, 0.15) is 24.4 Å². The molecule has 4 atom stereocenters. The molecule has 186 valence electrons. The van der Waals surface area contributed by atoms with Crippen molar-refractivity contribution in [3.05, 3.63) is 0 Å². The molecule has 0 saturated carbocycles. The van der Waals surface area contributed by atoms with E-state index in [-0.39, 0.29) is 18.1 Å². The number of nitrogens with zero attached hydrogens (tertiary/aromatic N) is 1. The third kappa shape index (κ3) is 13.0. The molecule has 0 fully saturated rings. The summed E-state index contributed by atoms with van der Waals surface area (Å²) >= 11 is 4.24. The van der Waals surface area contributed by atoms with E-state index in [1.165, 1.54) is 38.5 Å². The Hall–Kier alpha value is -0.380. The largest absolute Gasteiger partial charge is 0.382 e. The fourth-order valence-corrected chi connectivity index (χ4v) is 4.00. The van der Waals surface area contributed by atoms with Gasteiger partial charge in [-0.25, -0.2) is 0 Å². The van der Waals surface area contributed by atoms with Crippen molar-refractivity contribution in [2.75, 3.05) is 61.5 Å². The molecular formula is C23H47NO6S. The van der Waals surface area contributed by atoms with Crippen LogP contribution in [0.5, 0.6) is 0 Å². The summed E-state index contributed by atoms with van der Waals surface area (Å²) in [6.45, 7) is 0.789. The van der Waals surface area contributed by atoms with Crippen molar-refractivity contribution in [1.29, 1.82) is 0 Å². The third-order valence-corrected chi connectivity index (χ3v) is 6.03. The molecule has 1 amide bonds. The zero-order valence-electron chi connectivity index (χ0n) is 20.6. The summed E-state index contributed by atoms with van der Waals surface area (Å²) in [6, 6.07) is 0. The third-order valence-electron chi connectivity index (χ3n) is 5.72. The lowest BCUT2D eigenvalue weighted by atomic mass is 10.0. The quantitative estimate of drug-likeness (QED) is 0.206. The van der Waals surface area contributed by atoms with Crippen LogP contribution in [0.1, 0.15) is 57.8 Å². The second-order valence-corrected chi connectivity index (χ2v) is 8.43. The number of hydrogen-bond acceptors (Lipinski definition) is 7. The van der Waals surface area contributed by atoms with E-state index in [1.807, 2.05) is 7.05 Å². The predicted octanol–water partition coefficient (Wildman–Crippen LogP) is 3.59. The predicted molar refractivity (Wildman–Crippen MR) is 128 cm³/mol. The molecule has 0 aromatic rings. The highest BCUT2D eigenvalue weighted by atomic mass is 32.1. The van der Waals surface area contributed by atoms with E-state index in [0.29, 0.717) is 19.6 Å². The second-order valence-electron chi connectivity index (χ2n) is 7.98. The molecule has 0 saturated heterocycles. The number of amides is 1. The Morgan fingerprint density at radius 2 is 1.23 bits per heavy atom. The molecule has 0 rings (SSSR count). The van der Waals surface area contributed by atoms with Crippen molar-refractivity contribution >= 4 is 18.5 Å². The summed E-state index contributed by atoms with van der Waals surface area (Å²) in [5.41, 5.74) is 0. The molecule has 0 aromatic heterocycles. The molecule has 0 bridgehead atoms. The lowest BCUT2D eigenvalue weighted by Crippen LogP contribution is -2.53. The summed E-state index contributed by atoms with van der Waals surface area (Å²) in [7, 11) is 9.89. The van der Waals surface area contributed by atoms with Crippen LogP contribution in [0.2, 0.25) is 0 Å². The molecule has 0 heterocycles. The van der Waals surface area contributed by atoms with E-state index in [1.54, 1.807) is 40.4 Å². The van der Waals surface area contributed by atoms with E-state index in [9.17, 15) is 4.79 Å². The van der Waals surface area contributed by atoms with Gasteiger partial charge in [0.2, 0.25) is 5.91 Å². The van der Waals surface area contributed by atoms with E-state index in [4.69, 9.17) is 23.7 Å². The normalized spacial score (nSPS) is 15.5. The lowest BCUT2D eigenvalue weighted by Gasteiger charge is -2.36. The minimum absolute atomic E-state index is 0.125. The van der Waals surface area contributed by atoms with Crippen LogP contribution in [0.4, 0.5) is 0 Å². The molecule has 0 aliphatic heterocycles. The number of methoxy groups -OCH3 is 5. The number of ether oxygens (including phenoxy) is 5. The van der Waals surface area contributed by atoms with Gasteiger partial charge in [-0.05, 0) is 18.6 Å². The molecule has 7 nitrogen and oxygen atoms in total. The van der Waals surface area contributed by atoms with Gasteiger partial charge in [-0.1, -0.05) is 38.5 Å². The van der Waals surface area contributed by atoms with Crippen molar-refractivity contribution < 1.29 is 28.5 Å². The lowest BCUT2D eigenvalue weighted by molar-refractivity contribution is -0.163. The first-order valence-corrected chi connectivity index (χ1v) is 12.1. The summed E-state index contributed by atoms with van der Waals surface area (Å²) in [5, 5.41) is 0. The SMILES string of the molecule is COC[C@H](OC)[C@H](OC)[C@H](OC)[C@@H](CN(C)C(=O)CCCCCCCCCCS)OC. The molecule has 0 unspecified atom stereocenters. The summed E-state index contributed by atoms with van der Waals surface area (Å²) in [6.07, 6.45) is 8.61. The molecule has 31 heavy (non-hydrogen) atoms. The van der Waals surface area contributed by atoms with Gasteiger partial charge in [-0.3, -0.25) is 4.79 Å². The first kappa shape index (κ1) is 30.6. The molecule has 0 aliphatic carbocycles. The topological polar surface area (TPSA) is 66.5 Å². The summed E-state index contributed by atoms with van der Waals surface area (Å²) in [5.74, 6) is 1.11. The van der Waals surface area contributed by atoms with Crippen LogP contribution in [0.15, 0.2) is 0 Å². The fourth-order valence-electron chi connectivity index (χ4n) is 3.78. The van der Waals surface area contributed by atoms with Crippen molar-refractivity contribution in [3.63, 3.8) is 0 Å². The van der Waals surface area contributed by atoms with Gasteiger partial charge >= 0.3 is 0 Å². The summed E-state index contributed by atoms with van der Waals surface area (Å²) < 4.78 is 27.8. The first-order chi connectivity index (χ1) is 15.0. The van der Waals surface area contributed by atoms with Gasteiger partial charge in [-0.15, -0.1) is 0 Å². The maximum absolute atomic E-state index is 12.6. The number of unbranched alkanes of at least 4 members (excludes halogenated alkanes) is 7. The van der Waals surface area contributed by atoms with Crippen molar-refractivity contribution in [3.8, 4) is 0 Å². The van der Waals surface area contributed by atoms with Gasteiger partial charge in [0, 0.05) is 55.6 Å². The van der Waals surface area contributed by atoms with Crippen LogP contribution in [-0.2, 0) is 28.5 Å². The zero-order valence-corrected chi connectivity index (χ0v) is 21.5. The summed E-state index contributed by atoms with van der Waals surface area (Å²) in [4.78, 5) is 14.3. The molecule has 8 heteroatoms. The minimum Gasteiger partial charge on any atom is -0.382 e. The molecule has 0 spiro atoms. The molecular weight excluding hydrogens is 418 g/mol. The number of rotatable bonds is 21. The molecule has 0 radical (unpaired) electrons. The average Bonchev–Trinajstić information content (AvgIpc) is 2.78. The fraction of sp³-hybridized carbons (Fsp3) is 0.957. The van der Waals surface area contributed by atoms with Gasteiger partial charge in [0.15, 0.2) is 0 Å². The van der Waals surface area contributed by atoms with Crippen LogP contribution in [0.3, 0.4) is 0 Å². The van der Waals surface area contributed by atoms with E-state index in [0.717, 1.165) is 18.6 Å². The Morgan fingerprint density at radius 1 is 0.742 bits per heavy atom. The average molecular weight is 466 g/mol. The first-order valence-electron chi connectivity index (χ1n) is 11.5. The van der Waals surface area contributed by atoms with Gasteiger partial charge in [-0.2, -0.15) is 12.6 Å². The minimum atomic E-state index is -0.409. The standard InChI is InChI=1S/C23H47NO6S/c1-24(21(25)15-13-11-9-7-8-10-12-14-16-31)17-19(27-3)22(29-5)23(30-6)20(28-4)18-26-2/h19-20,22-23,31H,7-18H2,1-6H3/t19-,20+,22-,23+/m1/s1.